The van der Waals surface area contributed by atoms with E-state index in [0.29, 0.717) is 44.3 Å². The molecule has 2 aliphatic heterocycles. The third-order valence-corrected chi connectivity index (χ3v) is 10.8. The van der Waals surface area contributed by atoms with Crippen molar-refractivity contribution in [3.05, 3.63) is 101 Å². The number of benzene rings is 2. The Hall–Kier alpha value is -6.40. The number of oxime groups is 1. The van der Waals surface area contributed by atoms with E-state index in [-0.39, 0.29) is 47.2 Å². The van der Waals surface area contributed by atoms with Crippen molar-refractivity contribution in [2.75, 3.05) is 25.0 Å². The van der Waals surface area contributed by atoms with E-state index in [1.807, 2.05) is 66.7 Å². The average molecular weight is 912 g/mol. The summed E-state index contributed by atoms with van der Waals surface area (Å²) in [5.41, 5.74) is -0.621. The molecule has 2 aliphatic rings. The van der Waals surface area contributed by atoms with Crippen molar-refractivity contribution >= 4 is 51.8 Å². The molecule has 0 radical (unpaired) electrons. The van der Waals surface area contributed by atoms with Gasteiger partial charge in [-0.05, 0) is 66.5 Å². The maximum absolute atomic E-state index is 13.9. The van der Waals surface area contributed by atoms with Crippen LogP contribution in [0.1, 0.15) is 84.3 Å². The second-order valence-electron chi connectivity index (χ2n) is 18.4. The number of nitrogens with zero attached hydrogens (tertiary/aromatic N) is 4. The van der Waals surface area contributed by atoms with E-state index in [9.17, 15) is 24.0 Å². The van der Waals surface area contributed by atoms with Gasteiger partial charge in [-0.25, -0.2) is 14.6 Å². The zero-order valence-corrected chi connectivity index (χ0v) is 38.8. The third kappa shape index (κ3) is 14.0. The summed E-state index contributed by atoms with van der Waals surface area (Å²) >= 11 is 1.01. The number of ether oxygens (including phenoxy) is 4. The van der Waals surface area contributed by atoms with Crippen molar-refractivity contribution in [2.24, 2.45) is 17.0 Å². The lowest BCUT2D eigenvalue weighted by Gasteiger charge is -2.40. The number of pyridine rings is 1. The van der Waals surface area contributed by atoms with Crippen LogP contribution in [0, 0.1) is 11.8 Å². The first-order valence-corrected chi connectivity index (χ1v) is 22.2. The number of aromatic nitrogens is 2. The molecule has 65 heavy (non-hydrogen) atoms. The third-order valence-electron chi connectivity index (χ3n) is 10.0. The van der Waals surface area contributed by atoms with E-state index in [1.54, 1.807) is 47.7 Å². The molecule has 0 unspecified atom stereocenters. The molecule has 2 fully saturated rings. The summed E-state index contributed by atoms with van der Waals surface area (Å²) in [7, 11) is 0. The van der Waals surface area contributed by atoms with Gasteiger partial charge in [0, 0.05) is 44.0 Å². The van der Waals surface area contributed by atoms with Crippen LogP contribution in [-0.2, 0) is 53.2 Å². The number of anilines is 1. The zero-order chi connectivity index (χ0) is 46.9. The molecular weight excluding hydrogens is 855 g/mol. The normalized spacial score (nSPS) is 16.9. The molecule has 4 aromatic rings. The van der Waals surface area contributed by atoms with Crippen molar-refractivity contribution in [1.29, 1.82) is 0 Å². The Kier molecular flexibility index (Phi) is 15.2. The first-order chi connectivity index (χ1) is 30.7. The van der Waals surface area contributed by atoms with Gasteiger partial charge in [-0.2, -0.15) is 0 Å². The highest BCUT2D eigenvalue weighted by atomic mass is 32.1. The molecule has 4 heterocycles. The average Bonchev–Trinajstić information content (AvgIpc) is 3.68. The van der Waals surface area contributed by atoms with Crippen molar-refractivity contribution in [3.63, 3.8) is 0 Å². The van der Waals surface area contributed by atoms with Gasteiger partial charge in [0.25, 0.3) is 0 Å². The zero-order valence-electron chi connectivity index (χ0n) is 38.0. The van der Waals surface area contributed by atoms with Gasteiger partial charge in [0.1, 0.15) is 30.1 Å². The number of amides is 3. The van der Waals surface area contributed by atoms with E-state index in [1.165, 1.54) is 19.2 Å². The molecule has 0 bridgehead atoms. The monoisotopic (exact) mass is 911 g/mol. The molecule has 3 N–H and O–H groups in total. The van der Waals surface area contributed by atoms with Crippen LogP contribution in [0.5, 0.6) is 11.5 Å². The number of β-lactam (4-membered cyclic amide) rings is 1. The first-order valence-electron chi connectivity index (χ1n) is 21.3. The fraction of sp³-hybridized carbons (Fsp3) is 0.447. The van der Waals surface area contributed by atoms with Gasteiger partial charge in [0.15, 0.2) is 28.1 Å². The number of rotatable bonds is 19. The number of carbonyl (C=O) groups is 5. The second kappa shape index (κ2) is 20.6. The van der Waals surface area contributed by atoms with Crippen LogP contribution in [0.15, 0.2) is 83.5 Å². The molecule has 0 aliphatic carbocycles. The largest absolute Gasteiger partial charge is 0.485 e. The molecule has 2 aromatic heterocycles. The number of hydrogen-bond acceptors (Lipinski definition) is 15. The van der Waals surface area contributed by atoms with E-state index in [2.05, 4.69) is 36.0 Å². The van der Waals surface area contributed by atoms with Crippen molar-refractivity contribution in [2.45, 2.75) is 104 Å². The number of carbonyl (C=O) groups excluding carboxylic acids is 5. The van der Waals surface area contributed by atoms with Gasteiger partial charge < -0.3 is 34.4 Å². The number of hydrogen-bond donors (Lipinski definition) is 3. The SMILES string of the molecule is CC(C)(C)OC(=O)Nc1nc(/C(=N/OC(C)(C)C(=O)OC(C)(C)C)C(=O)C[C@@H]2C(=O)N[C@@H]2CNC(=O)C2CN(Cc3cc(OCc4ccccc4)c(OCc4ccccc4)cn3)C2)cs1. The lowest BCUT2D eigenvalue weighted by Crippen LogP contribution is -2.64. The summed E-state index contributed by atoms with van der Waals surface area (Å²) in [5.74, 6) is -1.86. The number of Topliss-reactive ketones (excluding diaryl/α,β-unsaturated/α-hetero) is 1. The Morgan fingerprint density at radius 2 is 1.48 bits per heavy atom. The Morgan fingerprint density at radius 1 is 0.862 bits per heavy atom. The Labute approximate surface area is 382 Å². The van der Waals surface area contributed by atoms with E-state index in [4.69, 9.17) is 23.8 Å². The highest BCUT2D eigenvalue weighted by Gasteiger charge is 2.43. The minimum Gasteiger partial charge on any atom is -0.485 e. The topological polar surface area (TPSA) is 209 Å². The quantitative estimate of drug-likeness (QED) is 0.0415. The molecule has 18 heteroatoms. The highest BCUT2D eigenvalue weighted by molar-refractivity contribution is 7.14. The van der Waals surface area contributed by atoms with Crippen molar-refractivity contribution in [1.82, 2.24) is 25.5 Å². The van der Waals surface area contributed by atoms with Crippen molar-refractivity contribution in [3.8, 4) is 11.5 Å². The summed E-state index contributed by atoms with van der Waals surface area (Å²) < 4.78 is 23.1. The molecule has 0 saturated carbocycles. The maximum Gasteiger partial charge on any atom is 0.413 e. The number of nitrogens with one attached hydrogen (secondary N) is 3. The lowest BCUT2D eigenvalue weighted by atomic mass is 9.84. The second-order valence-corrected chi connectivity index (χ2v) is 19.2. The molecule has 2 atom stereocenters. The highest BCUT2D eigenvalue weighted by Crippen LogP contribution is 2.31. The van der Waals surface area contributed by atoms with Crippen LogP contribution >= 0.6 is 11.3 Å². The molecular formula is C47H57N7O10S. The fourth-order valence-electron chi connectivity index (χ4n) is 6.56. The summed E-state index contributed by atoms with van der Waals surface area (Å²) in [4.78, 5) is 82.1. The number of thiazole rings is 1. The minimum absolute atomic E-state index is 0.0450. The summed E-state index contributed by atoms with van der Waals surface area (Å²) in [6, 6.07) is 21.0. The Morgan fingerprint density at radius 3 is 2.08 bits per heavy atom. The molecule has 0 spiro atoms. The predicted molar refractivity (Wildman–Crippen MR) is 242 cm³/mol. The lowest BCUT2D eigenvalue weighted by molar-refractivity contribution is -0.179. The van der Waals surface area contributed by atoms with Crippen LogP contribution in [-0.4, -0.2) is 92.7 Å². The number of esters is 1. The summed E-state index contributed by atoms with van der Waals surface area (Å²) in [6.07, 6.45) is 0.620. The predicted octanol–water partition coefficient (Wildman–Crippen LogP) is 6.21. The van der Waals surface area contributed by atoms with Crippen LogP contribution in [0.2, 0.25) is 0 Å². The van der Waals surface area contributed by atoms with E-state index >= 15 is 0 Å². The molecule has 346 valence electrons. The molecule has 6 rings (SSSR count). The first kappa shape index (κ1) is 48.1. The summed E-state index contributed by atoms with van der Waals surface area (Å²) in [5, 5.41) is 13.9. The minimum atomic E-state index is -1.61. The summed E-state index contributed by atoms with van der Waals surface area (Å²) in [6.45, 7) is 15.5. The van der Waals surface area contributed by atoms with Crippen LogP contribution in [0.3, 0.4) is 0 Å². The molecule has 2 aromatic carbocycles. The smallest absolute Gasteiger partial charge is 0.413 e. The van der Waals surface area contributed by atoms with Gasteiger partial charge in [-0.15, -0.1) is 11.3 Å². The maximum atomic E-state index is 13.9. The van der Waals surface area contributed by atoms with Crippen LogP contribution < -0.4 is 25.4 Å². The fourth-order valence-corrected chi connectivity index (χ4v) is 7.24. The van der Waals surface area contributed by atoms with Crippen LogP contribution in [0.4, 0.5) is 9.93 Å². The Bertz CT molecular complexity index is 2350. The van der Waals surface area contributed by atoms with Crippen molar-refractivity contribution < 1.29 is 47.8 Å². The van der Waals surface area contributed by atoms with E-state index in [0.717, 1.165) is 28.2 Å². The van der Waals surface area contributed by atoms with Crippen LogP contribution in [0.25, 0.3) is 0 Å². The van der Waals surface area contributed by atoms with Gasteiger partial charge >= 0.3 is 12.1 Å². The standard InChI is InChI=1S/C47H57N7O10S/c1-45(2,3)62-42(58)47(7,8)64-53-39(35-28-65-43(51-35)52-44(59)63-46(4,5)6)36(55)20-33-34(50-41(33)57)21-49-40(56)31-23-54(24-31)25-32-19-37(60-26-29-15-11-9-12-16-29)38(22-48-32)61-27-30-17-13-10-14-18-30/h9-19,22,28,31,33-34H,20-21,23-27H2,1-8H3,(H,49,56)(H,50,57)(H,51,52,59)/b53-39-/t33-,34+/m0/s1. The van der Waals surface area contributed by atoms with Gasteiger partial charge in [0.2, 0.25) is 17.4 Å². The molecule has 2 saturated heterocycles. The molecule has 17 nitrogen and oxygen atoms in total. The van der Waals surface area contributed by atoms with Gasteiger partial charge in [0.05, 0.1) is 29.8 Å². The van der Waals surface area contributed by atoms with Gasteiger partial charge in [-0.3, -0.25) is 29.6 Å². The molecule has 3 amide bonds. The van der Waals surface area contributed by atoms with Gasteiger partial charge in [-0.1, -0.05) is 65.8 Å². The Balaban J connectivity index is 1.04. The number of likely N-dealkylation sites (tertiary alicyclic amines) is 1. The number of ketones is 1. The van der Waals surface area contributed by atoms with E-state index < -0.39 is 46.6 Å².